The molecule has 0 saturated carbocycles. The van der Waals surface area contributed by atoms with Crippen LogP contribution >= 0.6 is 11.8 Å². The molecule has 1 aromatic heterocycles. The zero-order valence-electron chi connectivity index (χ0n) is 17.6. The second kappa shape index (κ2) is 10.5. The summed E-state index contributed by atoms with van der Waals surface area (Å²) in [5, 5.41) is 3.77. The van der Waals surface area contributed by atoms with Crippen molar-refractivity contribution >= 4 is 23.4 Å². The first-order valence-electron chi connectivity index (χ1n) is 10.6. The average molecular weight is 438 g/mol. The number of aromatic nitrogens is 2. The molecule has 1 fully saturated rings. The van der Waals surface area contributed by atoms with E-state index in [4.69, 9.17) is 9.47 Å². The Morgan fingerprint density at radius 3 is 2.74 bits per heavy atom. The number of anilines is 1. The minimum absolute atomic E-state index is 0.0675. The number of carbonyl (C=O) groups excluding carboxylic acids is 1. The fourth-order valence-electron chi connectivity index (χ4n) is 3.61. The van der Waals surface area contributed by atoms with Crippen LogP contribution in [-0.2, 0) is 16.1 Å². The highest BCUT2D eigenvalue weighted by molar-refractivity contribution is 7.99. The van der Waals surface area contributed by atoms with E-state index in [1.807, 2.05) is 55.6 Å². The summed E-state index contributed by atoms with van der Waals surface area (Å²) in [6, 6.07) is 17.6. The van der Waals surface area contributed by atoms with Gasteiger partial charge in [0, 0.05) is 12.3 Å². The van der Waals surface area contributed by atoms with Crippen LogP contribution in [0.25, 0.3) is 11.3 Å². The maximum Gasteiger partial charge on any atom is 0.234 e. The molecule has 162 valence electrons. The number of hydrogen-bond donors (Lipinski definition) is 1. The molecule has 2 heterocycles. The molecular weight excluding hydrogens is 410 g/mol. The summed E-state index contributed by atoms with van der Waals surface area (Å²) in [6.45, 7) is 4.12. The smallest absolute Gasteiger partial charge is 0.234 e. The van der Waals surface area contributed by atoms with Crippen molar-refractivity contribution in [1.29, 1.82) is 0 Å². The Morgan fingerprint density at radius 2 is 2.03 bits per heavy atom. The third-order valence-corrected chi connectivity index (χ3v) is 6.07. The van der Waals surface area contributed by atoms with E-state index < -0.39 is 0 Å². The predicted octanol–water partition coefficient (Wildman–Crippen LogP) is 4.86. The second-order valence-corrected chi connectivity index (χ2v) is 8.27. The number of nitrogens with zero attached hydrogens (tertiary/aromatic N) is 2. The average Bonchev–Trinajstić information content (AvgIpc) is 3.45. The molecule has 1 aliphatic rings. The molecule has 31 heavy (non-hydrogen) atoms. The van der Waals surface area contributed by atoms with E-state index in [2.05, 4.69) is 27.0 Å². The molecule has 1 saturated heterocycles. The first-order valence-corrected chi connectivity index (χ1v) is 11.6. The van der Waals surface area contributed by atoms with Crippen molar-refractivity contribution < 1.29 is 14.3 Å². The van der Waals surface area contributed by atoms with Crippen LogP contribution < -0.4 is 10.1 Å². The van der Waals surface area contributed by atoms with E-state index in [9.17, 15) is 4.79 Å². The maximum absolute atomic E-state index is 12.5. The van der Waals surface area contributed by atoms with Crippen molar-refractivity contribution in [2.24, 2.45) is 0 Å². The van der Waals surface area contributed by atoms with Crippen molar-refractivity contribution in [3.05, 3.63) is 60.8 Å². The quantitative estimate of drug-likeness (QED) is 0.485. The number of nitrogens with one attached hydrogen (secondary N) is 1. The predicted molar refractivity (Wildman–Crippen MR) is 124 cm³/mol. The number of carbonyl (C=O) groups is 1. The van der Waals surface area contributed by atoms with Gasteiger partial charge >= 0.3 is 0 Å². The van der Waals surface area contributed by atoms with Crippen LogP contribution in [0.3, 0.4) is 0 Å². The fourth-order valence-corrected chi connectivity index (χ4v) is 4.40. The summed E-state index contributed by atoms with van der Waals surface area (Å²) in [6.07, 6.45) is 4.22. The van der Waals surface area contributed by atoms with Gasteiger partial charge in [0.15, 0.2) is 5.16 Å². The molecule has 0 bridgehead atoms. The van der Waals surface area contributed by atoms with Crippen LogP contribution in [0.4, 0.5) is 5.69 Å². The summed E-state index contributed by atoms with van der Waals surface area (Å²) in [5.41, 5.74) is 2.91. The lowest BCUT2D eigenvalue weighted by molar-refractivity contribution is -0.113. The number of thioether (sulfide) groups is 1. The molecule has 2 aromatic carbocycles. The Hall–Kier alpha value is -2.77. The highest BCUT2D eigenvalue weighted by Gasteiger charge is 2.21. The summed E-state index contributed by atoms with van der Waals surface area (Å²) in [7, 11) is 0. The van der Waals surface area contributed by atoms with Gasteiger partial charge in [0.25, 0.3) is 0 Å². The van der Waals surface area contributed by atoms with Crippen LogP contribution in [0.5, 0.6) is 5.75 Å². The van der Waals surface area contributed by atoms with Gasteiger partial charge in [-0.2, -0.15) is 0 Å². The van der Waals surface area contributed by atoms with Gasteiger partial charge in [0.2, 0.25) is 5.91 Å². The number of ether oxygens (including phenoxy) is 2. The SMILES string of the molecule is CCOc1ccc(NC(=O)CSc2ncc(-c3ccccc3)n2C[C@H]2CCCO2)cc1. The second-order valence-electron chi connectivity index (χ2n) is 7.33. The van der Waals surface area contributed by atoms with Crippen LogP contribution in [-0.4, -0.2) is 40.5 Å². The van der Waals surface area contributed by atoms with Crippen molar-refractivity contribution in [2.75, 3.05) is 24.3 Å². The summed E-state index contributed by atoms with van der Waals surface area (Å²) < 4.78 is 13.5. The number of imidazole rings is 1. The monoisotopic (exact) mass is 437 g/mol. The van der Waals surface area contributed by atoms with Crippen LogP contribution in [0.15, 0.2) is 66.0 Å². The molecule has 7 heteroatoms. The molecule has 3 aromatic rings. The summed E-state index contributed by atoms with van der Waals surface area (Å²) in [5.74, 6) is 1.01. The largest absolute Gasteiger partial charge is 0.494 e. The van der Waals surface area contributed by atoms with Crippen molar-refractivity contribution in [2.45, 2.75) is 37.6 Å². The Balaban J connectivity index is 1.43. The molecule has 1 N–H and O–H groups in total. The first kappa shape index (κ1) is 21.5. The zero-order chi connectivity index (χ0) is 21.5. The van der Waals surface area contributed by atoms with Gasteiger partial charge in [-0.1, -0.05) is 42.1 Å². The lowest BCUT2D eigenvalue weighted by atomic mass is 10.1. The third kappa shape index (κ3) is 5.68. The Bertz CT molecular complexity index is 983. The minimum atomic E-state index is -0.0675. The van der Waals surface area contributed by atoms with Gasteiger partial charge in [-0.05, 0) is 49.6 Å². The lowest BCUT2D eigenvalue weighted by Gasteiger charge is -2.16. The zero-order valence-corrected chi connectivity index (χ0v) is 18.4. The Kier molecular flexibility index (Phi) is 7.27. The normalized spacial score (nSPS) is 15.7. The summed E-state index contributed by atoms with van der Waals surface area (Å²) >= 11 is 1.44. The topological polar surface area (TPSA) is 65.4 Å². The number of hydrogen-bond acceptors (Lipinski definition) is 5. The lowest BCUT2D eigenvalue weighted by Crippen LogP contribution is -2.18. The molecule has 0 spiro atoms. The van der Waals surface area contributed by atoms with E-state index in [-0.39, 0.29) is 17.8 Å². The van der Waals surface area contributed by atoms with Crippen LogP contribution in [0.2, 0.25) is 0 Å². The van der Waals surface area contributed by atoms with Crippen molar-refractivity contribution in [1.82, 2.24) is 9.55 Å². The Labute approximate surface area is 187 Å². The molecule has 1 amide bonds. The van der Waals surface area contributed by atoms with Gasteiger partial charge in [0.05, 0.1) is 36.9 Å². The first-order chi connectivity index (χ1) is 15.2. The molecular formula is C24H27N3O3S. The molecule has 0 radical (unpaired) electrons. The molecule has 0 aliphatic carbocycles. The van der Waals surface area contributed by atoms with E-state index >= 15 is 0 Å². The van der Waals surface area contributed by atoms with E-state index in [1.54, 1.807) is 0 Å². The van der Waals surface area contributed by atoms with Crippen LogP contribution in [0.1, 0.15) is 19.8 Å². The fraction of sp³-hybridized carbons (Fsp3) is 0.333. The van der Waals surface area contributed by atoms with Gasteiger partial charge in [-0.15, -0.1) is 0 Å². The standard InChI is InChI=1S/C24H27N3O3S/c1-2-29-20-12-10-19(11-13-20)26-23(28)17-31-24-25-15-22(18-7-4-3-5-8-18)27(24)16-21-9-6-14-30-21/h3-5,7-8,10-13,15,21H,2,6,9,14,16-17H2,1H3,(H,26,28)/t21-/m1/s1. The highest BCUT2D eigenvalue weighted by atomic mass is 32.2. The molecule has 1 aliphatic heterocycles. The van der Waals surface area contributed by atoms with Gasteiger partial charge in [-0.3, -0.25) is 4.79 Å². The highest BCUT2D eigenvalue weighted by Crippen LogP contribution is 2.28. The van der Waals surface area contributed by atoms with Crippen LogP contribution in [0, 0.1) is 0 Å². The van der Waals surface area contributed by atoms with E-state index in [0.29, 0.717) is 6.61 Å². The Morgan fingerprint density at radius 1 is 1.23 bits per heavy atom. The number of rotatable bonds is 9. The third-order valence-electron chi connectivity index (χ3n) is 5.08. The molecule has 0 unspecified atom stereocenters. The number of benzene rings is 2. The molecule has 4 rings (SSSR count). The van der Waals surface area contributed by atoms with E-state index in [1.165, 1.54) is 11.8 Å². The van der Waals surface area contributed by atoms with Gasteiger partial charge in [0.1, 0.15) is 5.75 Å². The van der Waals surface area contributed by atoms with E-state index in [0.717, 1.165) is 53.8 Å². The summed E-state index contributed by atoms with van der Waals surface area (Å²) in [4.78, 5) is 17.1. The van der Waals surface area contributed by atoms with Gasteiger partial charge < -0.3 is 19.4 Å². The molecule has 1 atom stereocenters. The van der Waals surface area contributed by atoms with Crippen molar-refractivity contribution in [3.8, 4) is 17.0 Å². The number of amides is 1. The maximum atomic E-state index is 12.5. The van der Waals surface area contributed by atoms with Gasteiger partial charge in [-0.25, -0.2) is 4.98 Å². The minimum Gasteiger partial charge on any atom is -0.494 e. The molecule has 6 nitrogen and oxygen atoms in total. The van der Waals surface area contributed by atoms with Crippen molar-refractivity contribution in [3.63, 3.8) is 0 Å².